The zero-order valence-electron chi connectivity index (χ0n) is 13.2. The van der Waals surface area contributed by atoms with E-state index >= 15 is 0 Å². The van der Waals surface area contributed by atoms with Gasteiger partial charge in [-0.15, -0.1) is 0 Å². The highest BCUT2D eigenvalue weighted by Crippen LogP contribution is 2.38. The molecule has 1 aliphatic heterocycles. The SMILES string of the molecule is CCOC(=O)C1=C(c2ccccc2)OC(c2ccccc2)CC1. The quantitative estimate of drug-likeness (QED) is 0.779. The number of rotatable bonds is 4. The van der Waals surface area contributed by atoms with Crippen molar-refractivity contribution < 1.29 is 14.3 Å². The van der Waals surface area contributed by atoms with Gasteiger partial charge in [-0.3, -0.25) is 0 Å². The van der Waals surface area contributed by atoms with Crippen LogP contribution in [0.2, 0.25) is 0 Å². The molecule has 2 aromatic carbocycles. The summed E-state index contributed by atoms with van der Waals surface area (Å²) in [5.41, 5.74) is 2.67. The number of carbonyl (C=O) groups excluding carboxylic acids is 1. The molecule has 3 rings (SSSR count). The predicted molar refractivity (Wildman–Crippen MR) is 89.5 cm³/mol. The third kappa shape index (κ3) is 3.45. The van der Waals surface area contributed by atoms with E-state index in [0.29, 0.717) is 24.4 Å². The molecule has 0 N–H and O–H groups in total. The molecule has 0 amide bonds. The Hall–Kier alpha value is -2.55. The second-order valence-corrected chi connectivity index (χ2v) is 5.45. The summed E-state index contributed by atoms with van der Waals surface area (Å²) in [5, 5.41) is 0. The zero-order valence-corrected chi connectivity index (χ0v) is 13.2. The zero-order chi connectivity index (χ0) is 16.1. The van der Waals surface area contributed by atoms with Crippen molar-refractivity contribution in [2.45, 2.75) is 25.9 Å². The molecule has 3 heteroatoms. The van der Waals surface area contributed by atoms with Crippen LogP contribution in [0, 0.1) is 0 Å². The summed E-state index contributed by atoms with van der Waals surface area (Å²) in [6.45, 7) is 2.18. The molecule has 118 valence electrons. The molecule has 0 saturated heterocycles. The number of carbonyl (C=O) groups is 1. The van der Waals surface area contributed by atoms with Gasteiger partial charge in [-0.1, -0.05) is 60.7 Å². The van der Waals surface area contributed by atoms with Gasteiger partial charge in [0.15, 0.2) is 0 Å². The van der Waals surface area contributed by atoms with Gasteiger partial charge in [0.2, 0.25) is 0 Å². The van der Waals surface area contributed by atoms with Crippen molar-refractivity contribution >= 4 is 11.7 Å². The fraction of sp³-hybridized carbons (Fsp3) is 0.250. The maximum absolute atomic E-state index is 12.3. The van der Waals surface area contributed by atoms with Crippen molar-refractivity contribution in [3.63, 3.8) is 0 Å². The Labute approximate surface area is 136 Å². The minimum atomic E-state index is -0.280. The Morgan fingerprint density at radius 3 is 2.39 bits per heavy atom. The minimum Gasteiger partial charge on any atom is -0.485 e. The molecular formula is C20H20O3. The molecule has 2 aromatic rings. The Kier molecular flexibility index (Phi) is 4.77. The van der Waals surface area contributed by atoms with Crippen LogP contribution in [0.1, 0.15) is 37.0 Å². The normalized spacial score (nSPS) is 17.5. The van der Waals surface area contributed by atoms with E-state index in [1.54, 1.807) is 0 Å². The van der Waals surface area contributed by atoms with E-state index in [0.717, 1.165) is 17.5 Å². The average Bonchev–Trinajstić information content (AvgIpc) is 2.63. The molecular weight excluding hydrogens is 288 g/mol. The summed E-state index contributed by atoms with van der Waals surface area (Å²) in [7, 11) is 0. The van der Waals surface area contributed by atoms with E-state index in [9.17, 15) is 4.79 Å². The summed E-state index contributed by atoms with van der Waals surface area (Å²) < 4.78 is 11.4. The van der Waals surface area contributed by atoms with Gasteiger partial charge in [0.1, 0.15) is 11.9 Å². The standard InChI is InChI=1S/C20H20O3/c1-2-22-20(21)17-13-14-18(15-9-5-3-6-10-15)23-19(17)16-11-7-4-8-12-16/h3-12,18H,2,13-14H2,1H3. The average molecular weight is 308 g/mol. The fourth-order valence-electron chi connectivity index (χ4n) is 2.81. The fourth-order valence-corrected chi connectivity index (χ4v) is 2.81. The lowest BCUT2D eigenvalue weighted by atomic mass is 9.95. The first-order valence-corrected chi connectivity index (χ1v) is 7.97. The Balaban J connectivity index is 1.96. The molecule has 1 aliphatic rings. The van der Waals surface area contributed by atoms with Gasteiger partial charge in [-0.05, 0) is 25.3 Å². The van der Waals surface area contributed by atoms with Gasteiger partial charge in [0.05, 0.1) is 12.2 Å². The van der Waals surface area contributed by atoms with Crippen molar-refractivity contribution in [3.05, 3.63) is 77.4 Å². The maximum atomic E-state index is 12.3. The first-order valence-electron chi connectivity index (χ1n) is 7.97. The van der Waals surface area contributed by atoms with E-state index in [1.165, 1.54) is 0 Å². The van der Waals surface area contributed by atoms with Crippen molar-refractivity contribution in [2.24, 2.45) is 0 Å². The number of esters is 1. The van der Waals surface area contributed by atoms with Crippen molar-refractivity contribution in [1.82, 2.24) is 0 Å². The smallest absolute Gasteiger partial charge is 0.337 e. The number of ether oxygens (including phenoxy) is 2. The summed E-state index contributed by atoms with van der Waals surface area (Å²) in [4.78, 5) is 12.3. The molecule has 0 fully saturated rings. The third-order valence-electron chi connectivity index (χ3n) is 3.92. The van der Waals surface area contributed by atoms with E-state index in [1.807, 2.05) is 55.5 Å². The van der Waals surface area contributed by atoms with Gasteiger partial charge in [0.25, 0.3) is 0 Å². The summed E-state index contributed by atoms with van der Waals surface area (Å²) >= 11 is 0. The lowest BCUT2D eigenvalue weighted by Gasteiger charge is -2.28. The van der Waals surface area contributed by atoms with Crippen LogP contribution in [0.5, 0.6) is 0 Å². The molecule has 0 aliphatic carbocycles. The molecule has 0 bridgehead atoms. The predicted octanol–water partition coefficient (Wildman–Crippen LogP) is 4.51. The highest BCUT2D eigenvalue weighted by Gasteiger charge is 2.28. The second kappa shape index (κ2) is 7.14. The molecule has 0 spiro atoms. The lowest BCUT2D eigenvalue weighted by molar-refractivity contribution is -0.139. The Morgan fingerprint density at radius 2 is 1.74 bits per heavy atom. The summed E-state index contributed by atoms with van der Waals surface area (Å²) in [6.07, 6.45) is 1.39. The van der Waals surface area contributed by atoms with Crippen LogP contribution in [-0.2, 0) is 14.3 Å². The van der Waals surface area contributed by atoms with Crippen molar-refractivity contribution in [3.8, 4) is 0 Å². The molecule has 1 unspecified atom stereocenters. The van der Waals surface area contributed by atoms with Crippen LogP contribution in [0.4, 0.5) is 0 Å². The highest BCUT2D eigenvalue weighted by atomic mass is 16.5. The topological polar surface area (TPSA) is 35.5 Å². The number of hydrogen-bond acceptors (Lipinski definition) is 3. The molecule has 23 heavy (non-hydrogen) atoms. The van der Waals surface area contributed by atoms with Crippen LogP contribution < -0.4 is 0 Å². The maximum Gasteiger partial charge on any atom is 0.337 e. The molecule has 0 radical (unpaired) electrons. The van der Waals surface area contributed by atoms with E-state index < -0.39 is 0 Å². The monoisotopic (exact) mass is 308 g/mol. The highest BCUT2D eigenvalue weighted by molar-refractivity contribution is 5.96. The second-order valence-electron chi connectivity index (χ2n) is 5.45. The molecule has 0 aromatic heterocycles. The molecule has 0 saturated carbocycles. The van der Waals surface area contributed by atoms with Gasteiger partial charge < -0.3 is 9.47 Å². The first-order chi connectivity index (χ1) is 11.3. The van der Waals surface area contributed by atoms with E-state index in [2.05, 4.69) is 12.1 Å². The molecule has 1 heterocycles. The van der Waals surface area contributed by atoms with Crippen molar-refractivity contribution in [1.29, 1.82) is 0 Å². The molecule has 3 nitrogen and oxygen atoms in total. The Morgan fingerprint density at radius 1 is 1.09 bits per heavy atom. The lowest BCUT2D eigenvalue weighted by Crippen LogP contribution is -2.18. The van der Waals surface area contributed by atoms with Crippen LogP contribution in [0.25, 0.3) is 5.76 Å². The van der Waals surface area contributed by atoms with E-state index in [4.69, 9.17) is 9.47 Å². The van der Waals surface area contributed by atoms with Gasteiger partial charge in [-0.25, -0.2) is 4.79 Å². The van der Waals surface area contributed by atoms with Gasteiger partial charge in [-0.2, -0.15) is 0 Å². The Bertz CT molecular complexity index is 689. The largest absolute Gasteiger partial charge is 0.485 e. The first kappa shape index (κ1) is 15.3. The minimum absolute atomic E-state index is 0.0374. The van der Waals surface area contributed by atoms with Crippen LogP contribution in [-0.4, -0.2) is 12.6 Å². The van der Waals surface area contributed by atoms with Crippen LogP contribution in [0.15, 0.2) is 66.2 Å². The van der Waals surface area contributed by atoms with E-state index in [-0.39, 0.29) is 12.1 Å². The number of hydrogen-bond donors (Lipinski definition) is 0. The van der Waals surface area contributed by atoms with Crippen LogP contribution in [0.3, 0.4) is 0 Å². The number of benzene rings is 2. The third-order valence-corrected chi connectivity index (χ3v) is 3.92. The van der Waals surface area contributed by atoms with Gasteiger partial charge in [0, 0.05) is 5.56 Å². The van der Waals surface area contributed by atoms with Crippen LogP contribution >= 0.6 is 0 Å². The summed E-state index contributed by atoms with van der Waals surface area (Å²) in [5.74, 6) is 0.363. The summed E-state index contributed by atoms with van der Waals surface area (Å²) in [6, 6.07) is 19.9. The van der Waals surface area contributed by atoms with Gasteiger partial charge >= 0.3 is 5.97 Å². The molecule has 1 atom stereocenters. The van der Waals surface area contributed by atoms with Crippen molar-refractivity contribution in [2.75, 3.05) is 6.61 Å².